The van der Waals surface area contributed by atoms with E-state index in [-0.39, 0.29) is 5.69 Å². The lowest BCUT2D eigenvalue weighted by atomic mass is 10.1. The molecule has 0 spiro atoms. The summed E-state index contributed by atoms with van der Waals surface area (Å²) in [6.45, 7) is 2.01. The summed E-state index contributed by atoms with van der Waals surface area (Å²) >= 11 is 0. The lowest BCUT2D eigenvalue weighted by Gasteiger charge is -2.12. The van der Waals surface area contributed by atoms with Crippen molar-refractivity contribution in [2.45, 2.75) is 13.5 Å². The molecule has 3 aromatic rings. The van der Waals surface area contributed by atoms with Crippen LogP contribution in [-0.4, -0.2) is 17.9 Å². The van der Waals surface area contributed by atoms with E-state index in [1.165, 1.54) is 13.2 Å². The van der Waals surface area contributed by atoms with Gasteiger partial charge in [-0.05, 0) is 36.8 Å². The highest BCUT2D eigenvalue weighted by molar-refractivity contribution is 6.04. The second-order valence-electron chi connectivity index (χ2n) is 6.35. The van der Waals surface area contributed by atoms with E-state index in [1.807, 2.05) is 30.3 Å². The summed E-state index contributed by atoms with van der Waals surface area (Å²) in [5.74, 6) is 0.526. The summed E-state index contributed by atoms with van der Waals surface area (Å²) < 4.78 is 11.1. The molecule has 7 heteroatoms. The first-order valence-corrected chi connectivity index (χ1v) is 8.89. The summed E-state index contributed by atoms with van der Waals surface area (Å²) in [7, 11) is 1.50. The fourth-order valence-corrected chi connectivity index (χ4v) is 2.75. The van der Waals surface area contributed by atoms with Crippen LogP contribution in [0.5, 0.6) is 11.5 Å². The molecular formula is C22H20N2O5. The quantitative estimate of drug-likeness (QED) is 0.463. The second-order valence-corrected chi connectivity index (χ2v) is 6.35. The highest BCUT2D eigenvalue weighted by Gasteiger charge is 2.15. The van der Waals surface area contributed by atoms with Gasteiger partial charge in [-0.3, -0.25) is 14.9 Å². The van der Waals surface area contributed by atoms with Gasteiger partial charge in [0.25, 0.3) is 11.6 Å². The highest BCUT2D eigenvalue weighted by atomic mass is 16.6. The lowest BCUT2D eigenvalue weighted by Crippen LogP contribution is -2.12. The van der Waals surface area contributed by atoms with Gasteiger partial charge < -0.3 is 14.8 Å². The molecule has 0 atom stereocenters. The number of nitro groups is 1. The van der Waals surface area contributed by atoms with Gasteiger partial charge in [-0.2, -0.15) is 0 Å². The molecule has 148 valence electrons. The van der Waals surface area contributed by atoms with Crippen LogP contribution in [0, 0.1) is 17.0 Å². The Hall–Kier alpha value is -3.87. The Balaban J connectivity index is 1.74. The minimum Gasteiger partial charge on any atom is -0.493 e. The van der Waals surface area contributed by atoms with Crippen molar-refractivity contribution in [2.24, 2.45) is 0 Å². The first-order valence-electron chi connectivity index (χ1n) is 8.89. The number of amides is 1. The van der Waals surface area contributed by atoms with Gasteiger partial charge in [0.1, 0.15) is 6.61 Å². The number of nitrogens with one attached hydrogen (secondary N) is 1. The molecule has 0 aliphatic rings. The largest absolute Gasteiger partial charge is 0.493 e. The summed E-state index contributed by atoms with van der Waals surface area (Å²) in [5.41, 5.74) is 2.17. The summed E-state index contributed by atoms with van der Waals surface area (Å²) in [6, 6.07) is 19.1. The van der Waals surface area contributed by atoms with Crippen molar-refractivity contribution >= 4 is 17.3 Å². The Labute approximate surface area is 168 Å². The fraction of sp³-hybridized carbons (Fsp3) is 0.136. The molecule has 1 amide bonds. The van der Waals surface area contributed by atoms with Crippen molar-refractivity contribution in [1.29, 1.82) is 0 Å². The number of methoxy groups -OCH3 is 1. The maximum atomic E-state index is 12.6. The molecule has 3 rings (SSSR count). The van der Waals surface area contributed by atoms with Gasteiger partial charge in [0.15, 0.2) is 11.5 Å². The van der Waals surface area contributed by atoms with Crippen LogP contribution < -0.4 is 14.8 Å². The predicted octanol–water partition coefficient (Wildman–Crippen LogP) is 4.74. The van der Waals surface area contributed by atoms with E-state index in [1.54, 1.807) is 37.3 Å². The van der Waals surface area contributed by atoms with Crippen LogP contribution >= 0.6 is 0 Å². The van der Waals surface area contributed by atoms with E-state index in [2.05, 4.69) is 5.32 Å². The lowest BCUT2D eigenvalue weighted by molar-refractivity contribution is -0.385. The zero-order chi connectivity index (χ0) is 20.8. The molecule has 0 heterocycles. The molecule has 0 unspecified atom stereocenters. The van der Waals surface area contributed by atoms with E-state index in [4.69, 9.17) is 9.47 Å². The normalized spacial score (nSPS) is 10.3. The molecule has 0 aromatic heterocycles. The van der Waals surface area contributed by atoms with Crippen LogP contribution in [0.1, 0.15) is 21.5 Å². The number of rotatable bonds is 7. The molecule has 0 aliphatic heterocycles. The Morgan fingerprint density at radius 3 is 2.48 bits per heavy atom. The molecule has 7 nitrogen and oxygen atoms in total. The van der Waals surface area contributed by atoms with Crippen molar-refractivity contribution in [3.63, 3.8) is 0 Å². The molecule has 0 aliphatic carbocycles. The van der Waals surface area contributed by atoms with E-state index in [9.17, 15) is 14.9 Å². The molecule has 0 bridgehead atoms. The number of nitro benzene ring substituents is 1. The number of carbonyl (C=O) groups is 1. The third kappa shape index (κ3) is 4.90. The van der Waals surface area contributed by atoms with Crippen LogP contribution in [0.4, 0.5) is 11.4 Å². The summed E-state index contributed by atoms with van der Waals surface area (Å²) in [4.78, 5) is 23.2. The van der Waals surface area contributed by atoms with Crippen LogP contribution in [0.15, 0.2) is 66.7 Å². The van der Waals surface area contributed by atoms with E-state index in [0.717, 1.165) is 5.56 Å². The Morgan fingerprint density at radius 1 is 1.03 bits per heavy atom. The van der Waals surface area contributed by atoms with Crippen LogP contribution in [0.25, 0.3) is 0 Å². The average molecular weight is 392 g/mol. The predicted molar refractivity (Wildman–Crippen MR) is 110 cm³/mol. The third-order valence-electron chi connectivity index (χ3n) is 4.33. The highest BCUT2D eigenvalue weighted by Crippen LogP contribution is 2.29. The van der Waals surface area contributed by atoms with Gasteiger partial charge in [0.05, 0.1) is 12.0 Å². The van der Waals surface area contributed by atoms with Crippen LogP contribution in [0.2, 0.25) is 0 Å². The van der Waals surface area contributed by atoms with Gasteiger partial charge in [0.2, 0.25) is 0 Å². The monoisotopic (exact) mass is 392 g/mol. The number of nitrogens with zero attached hydrogens (tertiary/aromatic N) is 1. The SMILES string of the molecule is COc1cc(C(=O)Nc2ccc(C)c([N+](=O)[O-])c2)ccc1OCc1ccccc1. The Kier molecular flexibility index (Phi) is 6.09. The van der Waals surface area contributed by atoms with Gasteiger partial charge in [-0.15, -0.1) is 0 Å². The molecule has 0 saturated carbocycles. The average Bonchev–Trinajstić information content (AvgIpc) is 2.74. The van der Waals surface area contributed by atoms with Crippen LogP contribution in [-0.2, 0) is 6.61 Å². The minimum atomic E-state index is -0.479. The van der Waals surface area contributed by atoms with Gasteiger partial charge in [-0.25, -0.2) is 0 Å². The smallest absolute Gasteiger partial charge is 0.274 e. The number of aryl methyl sites for hydroxylation is 1. The van der Waals surface area contributed by atoms with Gasteiger partial charge in [-0.1, -0.05) is 36.4 Å². The second kappa shape index (κ2) is 8.88. The number of hydrogen-bond acceptors (Lipinski definition) is 5. The first kappa shape index (κ1) is 19.9. The first-order chi connectivity index (χ1) is 14.0. The summed E-state index contributed by atoms with van der Waals surface area (Å²) in [5, 5.41) is 13.7. The van der Waals surface area contributed by atoms with Crippen molar-refractivity contribution in [3.8, 4) is 11.5 Å². The van der Waals surface area contributed by atoms with E-state index < -0.39 is 10.8 Å². The zero-order valence-electron chi connectivity index (χ0n) is 16.0. The fourth-order valence-electron chi connectivity index (χ4n) is 2.75. The molecule has 29 heavy (non-hydrogen) atoms. The Bertz CT molecular complexity index is 1030. The zero-order valence-corrected chi connectivity index (χ0v) is 16.0. The number of hydrogen-bond donors (Lipinski definition) is 1. The van der Waals surface area contributed by atoms with E-state index in [0.29, 0.717) is 34.9 Å². The number of carbonyl (C=O) groups excluding carboxylic acids is 1. The minimum absolute atomic E-state index is 0.0509. The van der Waals surface area contributed by atoms with Crippen molar-refractivity contribution in [3.05, 3.63) is 93.5 Å². The number of benzene rings is 3. The third-order valence-corrected chi connectivity index (χ3v) is 4.33. The van der Waals surface area contributed by atoms with Gasteiger partial charge in [0, 0.05) is 22.9 Å². The number of ether oxygens (including phenoxy) is 2. The maximum absolute atomic E-state index is 12.6. The summed E-state index contributed by atoms with van der Waals surface area (Å²) in [6.07, 6.45) is 0. The molecule has 1 N–H and O–H groups in total. The molecule has 3 aromatic carbocycles. The van der Waals surface area contributed by atoms with Crippen molar-refractivity contribution in [1.82, 2.24) is 0 Å². The standard InChI is InChI=1S/C22H20N2O5/c1-15-8-10-18(13-19(15)24(26)27)23-22(25)17-9-11-20(21(12-17)28-2)29-14-16-6-4-3-5-7-16/h3-13H,14H2,1-2H3,(H,23,25). The Morgan fingerprint density at radius 2 is 1.79 bits per heavy atom. The molecular weight excluding hydrogens is 372 g/mol. The molecule has 0 saturated heterocycles. The topological polar surface area (TPSA) is 90.7 Å². The maximum Gasteiger partial charge on any atom is 0.274 e. The molecule has 0 radical (unpaired) electrons. The van der Waals surface area contributed by atoms with E-state index >= 15 is 0 Å². The van der Waals surface area contributed by atoms with Crippen LogP contribution in [0.3, 0.4) is 0 Å². The van der Waals surface area contributed by atoms with Crippen molar-refractivity contribution in [2.75, 3.05) is 12.4 Å². The number of anilines is 1. The van der Waals surface area contributed by atoms with Gasteiger partial charge >= 0.3 is 0 Å². The molecule has 0 fully saturated rings. The van der Waals surface area contributed by atoms with Crippen molar-refractivity contribution < 1.29 is 19.2 Å².